The Morgan fingerprint density at radius 3 is 1.50 bits per heavy atom. The van der Waals surface area contributed by atoms with E-state index in [-0.39, 0.29) is 0 Å². The van der Waals surface area contributed by atoms with E-state index in [0.29, 0.717) is 0 Å². The molecule has 3 radical (unpaired) electrons. The average molecular weight is 171 g/mol. The van der Waals surface area contributed by atoms with E-state index in [9.17, 15) is 0 Å². The molecule has 0 aliphatic rings. The molecule has 0 aromatic carbocycles. The fraction of sp³-hybridized carbons (Fsp3) is 1.00. The molecule has 10 heavy (non-hydrogen) atoms. The lowest BCUT2D eigenvalue weighted by atomic mass is 10.9. The predicted octanol–water partition coefficient (Wildman–Crippen LogP) is 3.08. The van der Waals surface area contributed by atoms with E-state index in [4.69, 9.17) is 0 Å². The van der Waals surface area contributed by atoms with Crippen LogP contribution in [0, 0.1) is 0 Å². The molecule has 0 saturated heterocycles. The Labute approximate surface area is 69.8 Å². The zero-order chi connectivity index (χ0) is 8.04. The molecule has 0 saturated carbocycles. The first-order chi connectivity index (χ1) is 4.74. The van der Waals surface area contributed by atoms with Crippen molar-refractivity contribution >= 4 is 18.3 Å². The zero-order valence-corrected chi connectivity index (χ0v) is 9.54. The van der Waals surface area contributed by atoms with Gasteiger partial charge in [-0.1, -0.05) is 51.0 Å². The summed E-state index contributed by atoms with van der Waals surface area (Å²) in [7, 11) is 2.82. The summed E-state index contributed by atoms with van der Waals surface area (Å²) >= 11 is 0. The van der Waals surface area contributed by atoms with Gasteiger partial charge in [-0.25, -0.2) is 0 Å². The second-order valence-corrected chi connectivity index (χ2v) is 9.18. The SMILES string of the molecule is CC[Si](CC)(CC)CC[Si]. The van der Waals surface area contributed by atoms with Gasteiger partial charge in [-0.05, 0) is 0 Å². The minimum Gasteiger partial charge on any atom is -0.0678 e. The van der Waals surface area contributed by atoms with Crippen molar-refractivity contribution in [2.45, 2.75) is 51.0 Å². The third-order valence-corrected chi connectivity index (χ3v) is 9.47. The highest BCUT2D eigenvalue weighted by atomic mass is 28.3. The van der Waals surface area contributed by atoms with Crippen molar-refractivity contribution in [3.05, 3.63) is 0 Å². The van der Waals surface area contributed by atoms with E-state index in [1.54, 1.807) is 0 Å². The van der Waals surface area contributed by atoms with Crippen LogP contribution < -0.4 is 0 Å². The minimum absolute atomic E-state index is 0.766. The van der Waals surface area contributed by atoms with Crippen LogP contribution in [-0.4, -0.2) is 18.3 Å². The van der Waals surface area contributed by atoms with E-state index in [1.165, 1.54) is 30.2 Å². The van der Waals surface area contributed by atoms with Crippen LogP contribution in [0.4, 0.5) is 0 Å². The molecule has 0 spiro atoms. The molecule has 0 unspecified atom stereocenters. The summed E-state index contributed by atoms with van der Waals surface area (Å²) in [6, 6.07) is 7.06. The van der Waals surface area contributed by atoms with Crippen LogP contribution in [0.3, 0.4) is 0 Å². The fourth-order valence-electron chi connectivity index (χ4n) is 1.55. The van der Waals surface area contributed by atoms with Gasteiger partial charge in [0.05, 0.1) is 8.07 Å². The van der Waals surface area contributed by atoms with Gasteiger partial charge in [0.1, 0.15) is 0 Å². The summed E-state index contributed by atoms with van der Waals surface area (Å²) in [6.45, 7) is 7.09. The third kappa shape index (κ3) is 2.58. The molecular formula is C8H19Si2. The van der Waals surface area contributed by atoms with E-state index < -0.39 is 8.07 Å². The highest BCUT2D eigenvalue weighted by Gasteiger charge is 2.24. The molecule has 0 amide bonds. The van der Waals surface area contributed by atoms with E-state index in [1.807, 2.05) is 0 Å². The Kier molecular flexibility index (Phi) is 5.36. The first-order valence-electron chi connectivity index (χ1n) is 4.39. The van der Waals surface area contributed by atoms with Crippen LogP contribution in [0.25, 0.3) is 0 Å². The van der Waals surface area contributed by atoms with Crippen LogP contribution in [0.15, 0.2) is 0 Å². The molecule has 0 rings (SSSR count). The summed E-state index contributed by atoms with van der Waals surface area (Å²) in [5.74, 6) is 0. The molecule has 0 nitrogen and oxygen atoms in total. The van der Waals surface area contributed by atoms with E-state index in [0.717, 1.165) is 0 Å². The maximum absolute atomic E-state index is 3.59. The second-order valence-electron chi connectivity index (χ2n) is 3.06. The highest BCUT2D eigenvalue weighted by molar-refractivity contribution is 6.80. The van der Waals surface area contributed by atoms with Gasteiger partial charge in [0.15, 0.2) is 0 Å². The molecule has 59 valence electrons. The van der Waals surface area contributed by atoms with Gasteiger partial charge in [-0.2, -0.15) is 0 Å². The zero-order valence-electron chi connectivity index (χ0n) is 7.54. The van der Waals surface area contributed by atoms with Gasteiger partial charge in [0.2, 0.25) is 0 Å². The topological polar surface area (TPSA) is 0 Å². The van der Waals surface area contributed by atoms with Crippen molar-refractivity contribution in [3.63, 3.8) is 0 Å². The quantitative estimate of drug-likeness (QED) is 0.558. The molecule has 0 atom stereocenters. The summed E-state index contributed by atoms with van der Waals surface area (Å²) < 4.78 is 0. The van der Waals surface area contributed by atoms with Crippen LogP contribution in [0.5, 0.6) is 0 Å². The average Bonchev–Trinajstić information content (AvgIpc) is 2.01. The van der Waals surface area contributed by atoms with Crippen molar-refractivity contribution in [3.8, 4) is 0 Å². The lowest BCUT2D eigenvalue weighted by Gasteiger charge is -2.27. The van der Waals surface area contributed by atoms with Crippen molar-refractivity contribution in [2.24, 2.45) is 0 Å². The Balaban J connectivity index is 3.87. The highest BCUT2D eigenvalue weighted by Crippen LogP contribution is 2.25. The van der Waals surface area contributed by atoms with Gasteiger partial charge >= 0.3 is 0 Å². The van der Waals surface area contributed by atoms with Gasteiger partial charge in [-0.15, -0.1) is 0 Å². The van der Waals surface area contributed by atoms with Crippen molar-refractivity contribution in [2.75, 3.05) is 0 Å². The monoisotopic (exact) mass is 171 g/mol. The van der Waals surface area contributed by atoms with Gasteiger partial charge < -0.3 is 0 Å². The molecule has 0 aliphatic heterocycles. The predicted molar refractivity (Wildman–Crippen MR) is 52.6 cm³/mol. The molecule has 0 fully saturated rings. The van der Waals surface area contributed by atoms with Crippen molar-refractivity contribution in [1.82, 2.24) is 0 Å². The summed E-state index contributed by atoms with van der Waals surface area (Å²) in [5, 5.41) is 0. The maximum Gasteiger partial charge on any atom is 0.0524 e. The molecule has 0 heterocycles. The lowest BCUT2D eigenvalue weighted by Crippen LogP contribution is -2.30. The van der Waals surface area contributed by atoms with Crippen LogP contribution in [0.1, 0.15) is 20.8 Å². The Morgan fingerprint density at radius 2 is 1.40 bits per heavy atom. The molecule has 2 heteroatoms. The standard InChI is InChI=1S/C8H19Si2/c1-4-10(5-2,6-3)8-7-9/h4-8H2,1-3H3. The molecule has 0 aromatic heterocycles. The first-order valence-corrected chi connectivity index (χ1v) is 7.92. The Morgan fingerprint density at radius 1 is 1.00 bits per heavy atom. The minimum atomic E-state index is -0.766. The van der Waals surface area contributed by atoms with Crippen molar-refractivity contribution in [1.29, 1.82) is 0 Å². The molecule has 0 aliphatic carbocycles. The molecule has 0 bridgehead atoms. The van der Waals surface area contributed by atoms with Crippen molar-refractivity contribution < 1.29 is 0 Å². The van der Waals surface area contributed by atoms with E-state index >= 15 is 0 Å². The molecule has 0 N–H and O–H groups in total. The lowest BCUT2D eigenvalue weighted by molar-refractivity contribution is 1.11. The van der Waals surface area contributed by atoms with Gasteiger partial charge in [0.25, 0.3) is 0 Å². The number of hydrogen-bond donors (Lipinski definition) is 0. The Bertz CT molecular complexity index is 69.1. The summed E-state index contributed by atoms with van der Waals surface area (Å²) in [6.07, 6.45) is 0. The molecule has 0 aromatic rings. The third-order valence-electron chi connectivity index (χ3n) is 2.91. The van der Waals surface area contributed by atoms with Crippen LogP contribution in [-0.2, 0) is 0 Å². The first kappa shape index (κ1) is 10.4. The smallest absolute Gasteiger partial charge is 0.0524 e. The second kappa shape index (κ2) is 5.13. The number of hydrogen-bond acceptors (Lipinski definition) is 0. The Hall–Kier alpha value is 0.434. The maximum atomic E-state index is 3.59. The van der Waals surface area contributed by atoms with Gasteiger partial charge in [0, 0.05) is 10.2 Å². The normalized spacial score (nSPS) is 12.0. The van der Waals surface area contributed by atoms with Crippen LogP contribution >= 0.6 is 0 Å². The largest absolute Gasteiger partial charge is 0.0678 e. The van der Waals surface area contributed by atoms with Crippen LogP contribution in [0.2, 0.25) is 30.2 Å². The summed E-state index contributed by atoms with van der Waals surface area (Å²) in [4.78, 5) is 0. The fourth-order valence-corrected chi connectivity index (χ4v) is 6.23. The summed E-state index contributed by atoms with van der Waals surface area (Å²) in [5.41, 5.74) is 0. The molecular weight excluding hydrogens is 152 g/mol. The van der Waals surface area contributed by atoms with Gasteiger partial charge in [-0.3, -0.25) is 0 Å². The number of rotatable bonds is 5. The van der Waals surface area contributed by atoms with E-state index in [2.05, 4.69) is 31.0 Å².